The highest BCUT2D eigenvalue weighted by atomic mass is 35.5. The van der Waals surface area contributed by atoms with E-state index in [1.807, 2.05) is 24.3 Å². The number of rotatable bonds is 4. The van der Waals surface area contributed by atoms with Crippen molar-refractivity contribution in [3.8, 4) is 0 Å². The van der Waals surface area contributed by atoms with Crippen LogP contribution < -0.4 is 4.90 Å². The highest BCUT2D eigenvalue weighted by molar-refractivity contribution is 7.89. The molecule has 7 heteroatoms. The van der Waals surface area contributed by atoms with Gasteiger partial charge in [-0.05, 0) is 24.3 Å². The van der Waals surface area contributed by atoms with E-state index in [1.54, 1.807) is 18.2 Å². The summed E-state index contributed by atoms with van der Waals surface area (Å²) in [4.78, 5) is 1.59. The zero-order chi connectivity index (χ0) is 17.2. The maximum absolute atomic E-state index is 12.7. The molecule has 128 valence electrons. The minimum absolute atomic E-state index is 0.254. The van der Waals surface area contributed by atoms with Gasteiger partial charge in [-0.3, -0.25) is 0 Å². The van der Waals surface area contributed by atoms with E-state index in [0.29, 0.717) is 18.1 Å². The number of piperazine rings is 1. The third-order valence-electron chi connectivity index (χ3n) is 4.26. The van der Waals surface area contributed by atoms with Gasteiger partial charge in [0.1, 0.15) is 6.54 Å². The van der Waals surface area contributed by atoms with Crippen LogP contribution >= 0.6 is 23.2 Å². The molecule has 1 aliphatic rings. The summed E-state index contributed by atoms with van der Waals surface area (Å²) in [5.41, 5.74) is 1.10. The van der Waals surface area contributed by atoms with Crippen LogP contribution in [0.4, 0.5) is 0 Å². The van der Waals surface area contributed by atoms with Gasteiger partial charge in [-0.15, -0.1) is 0 Å². The second-order valence-electron chi connectivity index (χ2n) is 5.88. The molecule has 4 nitrogen and oxygen atoms in total. The number of nitrogens with zero attached hydrogens (tertiary/aromatic N) is 1. The molecule has 1 heterocycles. The average molecular weight is 386 g/mol. The topological polar surface area (TPSA) is 41.8 Å². The molecule has 0 spiro atoms. The molecule has 0 amide bonds. The minimum atomic E-state index is -3.48. The smallest absolute Gasteiger partial charge is 0.243 e. The van der Waals surface area contributed by atoms with E-state index < -0.39 is 10.0 Å². The monoisotopic (exact) mass is 385 g/mol. The van der Waals surface area contributed by atoms with E-state index >= 15 is 0 Å². The predicted octanol–water partition coefficient (Wildman–Crippen LogP) is 2.08. The quantitative estimate of drug-likeness (QED) is 0.875. The summed E-state index contributed by atoms with van der Waals surface area (Å²) in [6.45, 7) is 3.31. The van der Waals surface area contributed by atoms with E-state index in [4.69, 9.17) is 23.2 Å². The molecule has 0 aliphatic carbocycles. The number of nitrogens with one attached hydrogen (secondary N) is 1. The third kappa shape index (κ3) is 3.92. The summed E-state index contributed by atoms with van der Waals surface area (Å²) in [6.07, 6.45) is 0. The first-order valence-electron chi connectivity index (χ1n) is 7.79. The van der Waals surface area contributed by atoms with Crippen LogP contribution in [0.1, 0.15) is 5.56 Å². The Morgan fingerprint density at radius 2 is 1.71 bits per heavy atom. The van der Waals surface area contributed by atoms with E-state index in [0.717, 1.165) is 30.2 Å². The molecule has 1 N–H and O–H groups in total. The third-order valence-corrected chi connectivity index (χ3v) is 6.76. The van der Waals surface area contributed by atoms with E-state index in [2.05, 4.69) is 0 Å². The number of halogens is 2. The van der Waals surface area contributed by atoms with E-state index in [-0.39, 0.29) is 4.90 Å². The van der Waals surface area contributed by atoms with Crippen molar-refractivity contribution < 1.29 is 13.3 Å². The summed E-state index contributed by atoms with van der Waals surface area (Å²) >= 11 is 12.1. The maximum atomic E-state index is 12.7. The largest absolute Gasteiger partial charge is 0.329 e. The molecular formula is C17H19Cl2N2O2S+. The summed E-state index contributed by atoms with van der Waals surface area (Å²) < 4.78 is 26.9. The van der Waals surface area contributed by atoms with Gasteiger partial charge in [-0.1, -0.05) is 47.5 Å². The van der Waals surface area contributed by atoms with Crippen molar-refractivity contribution in [1.29, 1.82) is 0 Å². The Morgan fingerprint density at radius 3 is 2.38 bits per heavy atom. The number of sulfonamides is 1. The molecule has 1 aliphatic heterocycles. The van der Waals surface area contributed by atoms with Gasteiger partial charge in [0.25, 0.3) is 0 Å². The van der Waals surface area contributed by atoms with Crippen molar-refractivity contribution in [3.05, 3.63) is 64.1 Å². The first-order chi connectivity index (χ1) is 11.5. The van der Waals surface area contributed by atoms with Crippen LogP contribution in [0, 0.1) is 0 Å². The molecule has 0 radical (unpaired) electrons. The van der Waals surface area contributed by atoms with Crippen molar-refractivity contribution in [2.24, 2.45) is 0 Å². The van der Waals surface area contributed by atoms with Gasteiger partial charge in [-0.25, -0.2) is 8.42 Å². The molecule has 2 aromatic rings. The molecule has 0 unspecified atom stereocenters. The fraction of sp³-hybridized carbons (Fsp3) is 0.294. The fourth-order valence-electron chi connectivity index (χ4n) is 2.91. The van der Waals surface area contributed by atoms with Crippen LogP contribution in [0.5, 0.6) is 0 Å². The van der Waals surface area contributed by atoms with Crippen LogP contribution in [0.15, 0.2) is 53.4 Å². The fourth-order valence-corrected chi connectivity index (χ4v) is 4.85. The van der Waals surface area contributed by atoms with Gasteiger partial charge in [-0.2, -0.15) is 4.31 Å². The van der Waals surface area contributed by atoms with Crippen molar-refractivity contribution in [2.45, 2.75) is 11.4 Å². The van der Waals surface area contributed by atoms with Crippen LogP contribution in [0.3, 0.4) is 0 Å². The molecule has 0 aromatic heterocycles. The van der Waals surface area contributed by atoms with Crippen molar-refractivity contribution >= 4 is 33.2 Å². The summed E-state index contributed by atoms with van der Waals surface area (Å²) in [6, 6.07) is 14.2. The van der Waals surface area contributed by atoms with Crippen LogP contribution in [0.25, 0.3) is 0 Å². The summed E-state index contributed by atoms with van der Waals surface area (Å²) in [5.74, 6) is 0. The predicted molar refractivity (Wildman–Crippen MR) is 96.1 cm³/mol. The van der Waals surface area contributed by atoms with Gasteiger partial charge in [0, 0.05) is 15.6 Å². The molecule has 0 saturated carbocycles. The van der Waals surface area contributed by atoms with Gasteiger partial charge >= 0.3 is 0 Å². The Labute approximate surface area is 152 Å². The number of benzene rings is 2. The van der Waals surface area contributed by atoms with E-state index in [9.17, 15) is 8.42 Å². The Hall–Kier alpha value is -1.11. The Morgan fingerprint density at radius 1 is 1.00 bits per heavy atom. The Balaban J connectivity index is 1.65. The zero-order valence-corrected chi connectivity index (χ0v) is 15.4. The molecule has 24 heavy (non-hydrogen) atoms. The molecule has 3 rings (SSSR count). The lowest BCUT2D eigenvalue weighted by Gasteiger charge is -2.31. The van der Waals surface area contributed by atoms with Gasteiger partial charge < -0.3 is 4.90 Å². The van der Waals surface area contributed by atoms with Crippen LogP contribution in [0.2, 0.25) is 10.0 Å². The molecular weight excluding hydrogens is 367 g/mol. The number of hydrogen-bond acceptors (Lipinski definition) is 2. The van der Waals surface area contributed by atoms with Crippen molar-refractivity contribution in [1.82, 2.24) is 4.31 Å². The van der Waals surface area contributed by atoms with Crippen molar-refractivity contribution in [2.75, 3.05) is 26.2 Å². The standard InChI is InChI=1S/C17H18Cl2N2O2S/c18-15-5-3-6-16(12-15)24(22,23)21-10-8-20(9-11-21)13-14-4-1-2-7-17(14)19/h1-7,12H,8-11,13H2/p+1. The molecule has 0 atom stereocenters. The number of quaternary nitrogens is 1. The second kappa shape index (κ2) is 7.42. The van der Waals surface area contributed by atoms with Crippen LogP contribution in [-0.4, -0.2) is 38.9 Å². The van der Waals surface area contributed by atoms with E-state index in [1.165, 1.54) is 15.3 Å². The Kier molecular flexibility index (Phi) is 5.47. The summed E-state index contributed by atoms with van der Waals surface area (Å²) in [7, 11) is -3.48. The lowest BCUT2D eigenvalue weighted by atomic mass is 10.2. The molecule has 2 aromatic carbocycles. The van der Waals surface area contributed by atoms with Gasteiger partial charge in [0.2, 0.25) is 10.0 Å². The lowest BCUT2D eigenvalue weighted by Crippen LogP contribution is -3.13. The van der Waals surface area contributed by atoms with Crippen LogP contribution in [-0.2, 0) is 16.6 Å². The van der Waals surface area contributed by atoms with Gasteiger partial charge in [0.15, 0.2) is 0 Å². The van der Waals surface area contributed by atoms with Gasteiger partial charge in [0.05, 0.1) is 31.1 Å². The summed E-state index contributed by atoms with van der Waals surface area (Å²) in [5, 5.41) is 1.19. The molecule has 1 fully saturated rings. The number of hydrogen-bond donors (Lipinski definition) is 1. The highest BCUT2D eigenvalue weighted by Gasteiger charge is 2.30. The SMILES string of the molecule is O=S(=O)(c1cccc(Cl)c1)N1CC[NH+](Cc2ccccc2Cl)CC1. The molecule has 0 bridgehead atoms. The average Bonchev–Trinajstić information content (AvgIpc) is 2.57. The van der Waals surface area contributed by atoms with Crippen molar-refractivity contribution in [3.63, 3.8) is 0 Å². The maximum Gasteiger partial charge on any atom is 0.243 e. The Bertz CT molecular complexity index is 819. The second-order valence-corrected chi connectivity index (χ2v) is 8.66. The highest BCUT2D eigenvalue weighted by Crippen LogP contribution is 2.19. The minimum Gasteiger partial charge on any atom is -0.329 e. The lowest BCUT2D eigenvalue weighted by molar-refractivity contribution is -0.917. The normalized spacial score (nSPS) is 17.1. The first kappa shape index (κ1) is 17.7. The first-order valence-corrected chi connectivity index (χ1v) is 9.99. The molecule has 1 saturated heterocycles. The zero-order valence-electron chi connectivity index (χ0n) is 13.1.